The minimum absolute atomic E-state index is 1.49. The highest BCUT2D eigenvalue weighted by Crippen LogP contribution is 2.36. The monoisotopic (exact) mass is 1170 g/mol. The molecule has 0 aliphatic carbocycles. The molecule has 0 amide bonds. The van der Waals surface area contributed by atoms with Crippen LogP contribution in [0.5, 0.6) is 0 Å². The van der Waals surface area contributed by atoms with Crippen molar-refractivity contribution in [2.24, 2.45) is 0 Å². The van der Waals surface area contributed by atoms with Crippen molar-refractivity contribution >= 4 is 107 Å². The molecule has 3 aromatic rings. The third-order valence-electron chi connectivity index (χ3n) is 10.5. The number of carboxylic acid groups (broad SMARTS) is 13. The minimum Gasteiger partial charge on any atom is -0.478 e. The van der Waals surface area contributed by atoms with Crippen LogP contribution in [0, 0.1) is 0 Å². The number of carboxylic acids is 13. The highest BCUT2D eigenvalue weighted by atomic mass is 16.7. The van der Waals surface area contributed by atoms with Crippen molar-refractivity contribution in [3.05, 3.63) is 100 Å². The van der Waals surface area contributed by atoms with E-state index in [4.69, 9.17) is 5.11 Å². The molecule has 3 aromatic carbocycles. The Kier molecular flexibility index (Phi) is 19.1. The Balaban J connectivity index is 2.87. The fourth-order valence-electron chi connectivity index (χ4n) is 7.37. The third kappa shape index (κ3) is 11.7. The number of carbonyl (C=O) groups is 18. The van der Waals surface area contributed by atoms with Gasteiger partial charge in [-0.3, -0.25) is 0 Å². The summed E-state index contributed by atoms with van der Waals surface area (Å²) in [5.41, 5.74) is -46.0. The van der Waals surface area contributed by atoms with Crippen molar-refractivity contribution in [1.29, 1.82) is 0 Å². The number of hydrogen-bond donors (Lipinski definition) is 19. The molecular formula is C42H26O40. The van der Waals surface area contributed by atoms with E-state index in [2.05, 4.69) is 14.2 Å². The van der Waals surface area contributed by atoms with Crippen LogP contribution in [0.15, 0.2) is 0 Å². The lowest BCUT2D eigenvalue weighted by Gasteiger charge is -2.28. The zero-order valence-electron chi connectivity index (χ0n) is 38.7. The van der Waals surface area contributed by atoms with E-state index >= 15 is 0 Å². The zero-order valence-corrected chi connectivity index (χ0v) is 38.7. The van der Waals surface area contributed by atoms with Crippen molar-refractivity contribution in [2.45, 2.75) is 30.7 Å². The first-order valence-corrected chi connectivity index (χ1v) is 20.2. The number of esters is 5. The predicted octanol–water partition coefficient (Wildman–Crippen LogP) is -4.33. The van der Waals surface area contributed by atoms with Crippen LogP contribution >= 0.6 is 0 Å². The average molecular weight is 1170 g/mol. The Morgan fingerprint density at radius 3 is 0.585 bits per heavy atom. The number of carbonyl (C=O) groups excluding carboxylic acids is 5. The summed E-state index contributed by atoms with van der Waals surface area (Å²) in [6.45, 7) is -1.49. The fourth-order valence-corrected chi connectivity index (χ4v) is 7.37. The molecule has 0 aliphatic heterocycles. The van der Waals surface area contributed by atoms with E-state index in [0.29, 0.717) is 0 Å². The maximum atomic E-state index is 14.5. The lowest BCUT2D eigenvalue weighted by Crippen LogP contribution is -2.51. The second-order valence-corrected chi connectivity index (χ2v) is 15.1. The second kappa shape index (κ2) is 24.3. The molecule has 0 saturated heterocycles. The maximum absolute atomic E-state index is 14.5. The first-order valence-electron chi connectivity index (χ1n) is 20.2. The predicted molar refractivity (Wildman–Crippen MR) is 232 cm³/mol. The van der Waals surface area contributed by atoms with Crippen LogP contribution in [0.25, 0.3) is 0 Å². The number of aromatic carboxylic acids is 13. The zero-order chi connectivity index (χ0) is 63.5. The summed E-state index contributed by atoms with van der Waals surface area (Å²) in [6, 6.07) is 0. The second-order valence-electron chi connectivity index (χ2n) is 15.1. The van der Waals surface area contributed by atoms with Gasteiger partial charge in [-0.1, -0.05) is 0 Å². The number of ether oxygens (including phenoxy) is 3. The van der Waals surface area contributed by atoms with E-state index in [1.165, 1.54) is 0 Å². The van der Waals surface area contributed by atoms with Gasteiger partial charge in [0.15, 0.2) is 0 Å². The number of hydrogen-bond acceptors (Lipinski definition) is 27. The van der Waals surface area contributed by atoms with Crippen LogP contribution in [-0.4, -0.2) is 242 Å². The summed E-state index contributed by atoms with van der Waals surface area (Å²) in [7, 11) is 0. The van der Waals surface area contributed by atoms with Gasteiger partial charge < -0.3 is 111 Å². The van der Waals surface area contributed by atoms with Crippen molar-refractivity contribution in [3.63, 3.8) is 0 Å². The molecule has 5 atom stereocenters. The van der Waals surface area contributed by atoms with Gasteiger partial charge in [-0.15, -0.1) is 0 Å². The van der Waals surface area contributed by atoms with Crippen LogP contribution in [0.4, 0.5) is 0 Å². The molecule has 0 aliphatic rings. The smallest absolute Gasteiger partial charge is 0.347 e. The highest BCUT2D eigenvalue weighted by molar-refractivity contribution is 6.29. The van der Waals surface area contributed by atoms with E-state index in [1.54, 1.807) is 0 Å². The molecule has 0 spiro atoms. The van der Waals surface area contributed by atoms with Crippen molar-refractivity contribution < 1.29 is 198 Å². The van der Waals surface area contributed by atoms with Gasteiger partial charge in [0.05, 0.1) is 107 Å². The Morgan fingerprint density at radius 1 is 0.244 bits per heavy atom. The lowest BCUT2D eigenvalue weighted by molar-refractivity contribution is -0.191. The van der Waals surface area contributed by atoms with Gasteiger partial charge in [0, 0.05) is 0 Å². The molecule has 0 aromatic heterocycles. The molecule has 0 heterocycles. The van der Waals surface area contributed by atoms with Gasteiger partial charge in [0.2, 0.25) is 6.29 Å². The van der Waals surface area contributed by atoms with E-state index in [9.17, 15) is 178 Å². The first kappa shape index (κ1) is 64.6. The van der Waals surface area contributed by atoms with E-state index in [0.717, 1.165) is 0 Å². The van der Waals surface area contributed by atoms with Gasteiger partial charge >= 0.3 is 107 Å². The molecule has 40 heteroatoms. The summed E-state index contributed by atoms with van der Waals surface area (Å²) >= 11 is 0. The van der Waals surface area contributed by atoms with Gasteiger partial charge in [0.1, 0.15) is 24.4 Å². The van der Waals surface area contributed by atoms with Crippen molar-refractivity contribution in [3.8, 4) is 0 Å². The molecule has 0 bridgehead atoms. The van der Waals surface area contributed by atoms with Gasteiger partial charge in [0.25, 0.3) is 0 Å². The molecular weight excluding hydrogens is 1140 g/mol. The van der Waals surface area contributed by atoms with Crippen LogP contribution in [0.2, 0.25) is 0 Å². The van der Waals surface area contributed by atoms with Crippen LogP contribution in [-0.2, 0) is 14.2 Å². The SMILES string of the molecule is O=C(O)c1c(C(=O)O)c(C(=O)O)c(C(=O)OC(=O)c2c(C(=O)O)c(C(=O)O)c(C(=O)O)c(C(=O)OC(O)[C@H](O)[C@@H](O)[C@H](O)[C@H](O)CO)c2C(=O)OC(=O)c2c(C(=O)O)c(C(=O)O)c(C(=O)O)c(C(=O)O)c2C(=O)O)c(C(=O)O)c1C(=O)O. The molecule has 40 nitrogen and oxygen atoms in total. The van der Waals surface area contributed by atoms with Crippen LogP contribution in [0.3, 0.4) is 0 Å². The Hall–Kier alpha value is -11.7. The Labute approximate surface area is 442 Å². The van der Waals surface area contributed by atoms with Crippen LogP contribution in [0.1, 0.15) is 186 Å². The largest absolute Gasteiger partial charge is 0.478 e. The standard InChI is InChI=1S/C42H26O40/c43-1-2(44)21(45)22(46)23(47)42(79)82-40(77)19-15(36(72)73)9(30(60)61)14(35(70)71)18(39(76)80-37(74)16-10(31(62)63)5(26(52)53)3(24(48)49)6(27(54)55)11(16)32(64)65)20(19)41(78)81-38(75)17-12(33(66)67)7(28(56)57)4(25(50)51)8(29(58)59)13(17)34(68)69/h2,21-23,42-47,79H,1H2,(H,48,49)(H,50,51)(H,52,53)(H,54,55)(H,56,57)(H,58,59)(H,60,61)(H,62,63)(H,64,65)(H,66,67)(H,68,69)(H,70,71)(H,72,73)/t2-,21-,22+,23-,42?/m1/s1. The number of aliphatic hydroxyl groups is 6. The number of aliphatic hydroxyl groups excluding tert-OH is 6. The molecule has 1 unspecified atom stereocenters. The van der Waals surface area contributed by atoms with E-state index < -0.39 is 245 Å². The number of benzene rings is 3. The number of rotatable bonds is 24. The molecule has 0 radical (unpaired) electrons. The fraction of sp³-hybridized carbons (Fsp3) is 0.143. The van der Waals surface area contributed by atoms with Gasteiger partial charge in [-0.25, -0.2) is 86.3 Å². The molecule has 434 valence electrons. The van der Waals surface area contributed by atoms with Crippen LogP contribution < -0.4 is 0 Å². The summed E-state index contributed by atoms with van der Waals surface area (Å²) in [4.78, 5) is 234. The third-order valence-corrected chi connectivity index (χ3v) is 10.5. The Bertz CT molecular complexity index is 3410. The molecule has 82 heavy (non-hydrogen) atoms. The van der Waals surface area contributed by atoms with Crippen molar-refractivity contribution in [2.75, 3.05) is 6.61 Å². The quantitative estimate of drug-likeness (QED) is 0.0174. The molecule has 0 fully saturated rings. The summed E-state index contributed by atoms with van der Waals surface area (Å²) in [5.74, 6) is -54.8. The molecule has 0 saturated carbocycles. The Morgan fingerprint density at radius 2 is 0.402 bits per heavy atom. The normalized spacial score (nSPS) is 12.6. The highest BCUT2D eigenvalue weighted by Gasteiger charge is 2.48. The average Bonchev–Trinajstić information content (AvgIpc) is 3.35. The van der Waals surface area contributed by atoms with Crippen molar-refractivity contribution in [1.82, 2.24) is 0 Å². The summed E-state index contributed by atoms with van der Waals surface area (Å²) < 4.78 is 12.8. The first-order chi connectivity index (χ1) is 37.7. The summed E-state index contributed by atoms with van der Waals surface area (Å²) in [5, 5.41) is 190. The van der Waals surface area contributed by atoms with E-state index in [-0.39, 0.29) is 0 Å². The summed E-state index contributed by atoms with van der Waals surface area (Å²) in [6.07, 6.45) is -15.4. The van der Waals surface area contributed by atoms with Gasteiger partial charge in [-0.05, 0) is 0 Å². The van der Waals surface area contributed by atoms with Gasteiger partial charge in [-0.2, -0.15) is 0 Å². The molecule has 19 N–H and O–H groups in total. The topological polar surface area (TPSA) is 719 Å². The lowest BCUT2D eigenvalue weighted by atomic mass is 9.85. The minimum atomic E-state index is -3.67. The van der Waals surface area contributed by atoms with E-state index in [1.807, 2.05) is 0 Å². The maximum Gasteiger partial charge on any atom is 0.347 e. The molecule has 3 rings (SSSR count).